The molecule has 6 nitrogen and oxygen atoms in total. The van der Waals surface area contributed by atoms with E-state index in [-0.39, 0.29) is 5.91 Å². The molecule has 1 N–H and O–H groups in total. The van der Waals surface area contributed by atoms with E-state index in [9.17, 15) is 4.79 Å². The standard InChI is InChI=1S/C11H19N5O/c1-2-4-16(10-6-12-7-10)11(17)3-5-15-9-13-8-14-15/h8-10,12H,2-7H2,1H3. The molecule has 17 heavy (non-hydrogen) atoms. The summed E-state index contributed by atoms with van der Waals surface area (Å²) in [5, 5.41) is 7.20. The van der Waals surface area contributed by atoms with Crippen molar-refractivity contribution < 1.29 is 4.79 Å². The molecule has 1 aliphatic rings. The molecule has 0 bridgehead atoms. The van der Waals surface area contributed by atoms with E-state index in [1.807, 2.05) is 4.90 Å². The number of amides is 1. The molecule has 2 heterocycles. The van der Waals surface area contributed by atoms with E-state index in [1.54, 1.807) is 11.0 Å². The molecule has 1 amide bonds. The first-order valence-corrected chi connectivity index (χ1v) is 6.14. The highest BCUT2D eigenvalue weighted by atomic mass is 16.2. The molecular weight excluding hydrogens is 218 g/mol. The fourth-order valence-corrected chi connectivity index (χ4v) is 1.95. The summed E-state index contributed by atoms with van der Waals surface area (Å²) in [6.07, 6.45) is 4.64. The minimum absolute atomic E-state index is 0.217. The summed E-state index contributed by atoms with van der Waals surface area (Å²) in [6, 6.07) is 0.387. The summed E-state index contributed by atoms with van der Waals surface area (Å²) in [5.74, 6) is 0.217. The first-order chi connectivity index (χ1) is 8.31. The maximum atomic E-state index is 12.1. The molecule has 0 aliphatic carbocycles. The van der Waals surface area contributed by atoms with Crippen molar-refractivity contribution >= 4 is 5.91 Å². The molecule has 0 spiro atoms. The van der Waals surface area contributed by atoms with Gasteiger partial charge in [0.15, 0.2) is 0 Å². The van der Waals surface area contributed by atoms with E-state index >= 15 is 0 Å². The molecule has 6 heteroatoms. The Balaban J connectivity index is 1.83. The van der Waals surface area contributed by atoms with E-state index in [1.165, 1.54) is 6.33 Å². The van der Waals surface area contributed by atoms with Gasteiger partial charge in [-0.25, -0.2) is 4.98 Å². The van der Waals surface area contributed by atoms with Crippen LogP contribution in [0, 0.1) is 0 Å². The van der Waals surface area contributed by atoms with Crippen LogP contribution in [0.5, 0.6) is 0 Å². The van der Waals surface area contributed by atoms with Crippen molar-refractivity contribution in [1.82, 2.24) is 25.0 Å². The lowest BCUT2D eigenvalue weighted by Gasteiger charge is -2.38. The zero-order valence-corrected chi connectivity index (χ0v) is 10.2. The highest BCUT2D eigenvalue weighted by Gasteiger charge is 2.27. The van der Waals surface area contributed by atoms with Crippen LogP contribution in [-0.4, -0.2) is 51.2 Å². The van der Waals surface area contributed by atoms with Gasteiger partial charge in [-0.1, -0.05) is 6.92 Å². The van der Waals surface area contributed by atoms with Gasteiger partial charge in [-0.3, -0.25) is 9.48 Å². The van der Waals surface area contributed by atoms with E-state index in [0.717, 1.165) is 26.1 Å². The third-order valence-corrected chi connectivity index (χ3v) is 3.01. The third kappa shape index (κ3) is 3.03. The largest absolute Gasteiger partial charge is 0.337 e. The number of nitrogens with zero attached hydrogens (tertiary/aromatic N) is 4. The topological polar surface area (TPSA) is 63.1 Å². The number of aromatic nitrogens is 3. The van der Waals surface area contributed by atoms with Crippen molar-refractivity contribution in [3.05, 3.63) is 12.7 Å². The third-order valence-electron chi connectivity index (χ3n) is 3.01. The molecule has 94 valence electrons. The number of carbonyl (C=O) groups excluding carboxylic acids is 1. The monoisotopic (exact) mass is 237 g/mol. The summed E-state index contributed by atoms with van der Waals surface area (Å²) in [7, 11) is 0. The molecule has 0 atom stereocenters. The van der Waals surface area contributed by atoms with E-state index < -0.39 is 0 Å². The summed E-state index contributed by atoms with van der Waals surface area (Å²) in [6.45, 7) is 5.41. The molecule has 1 fully saturated rings. The summed E-state index contributed by atoms with van der Waals surface area (Å²) in [4.78, 5) is 18.0. The molecule has 0 saturated carbocycles. The van der Waals surface area contributed by atoms with Crippen LogP contribution in [0.1, 0.15) is 19.8 Å². The van der Waals surface area contributed by atoms with E-state index in [2.05, 4.69) is 22.3 Å². The second-order valence-electron chi connectivity index (χ2n) is 4.31. The SMILES string of the molecule is CCCN(C(=O)CCn1cncn1)C1CNC1. The zero-order valence-electron chi connectivity index (χ0n) is 10.2. The van der Waals surface area contributed by atoms with Crippen molar-refractivity contribution in [1.29, 1.82) is 0 Å². The fourth-order valence-electron chi connectivity index (χ4n) is 1.95. The molecule has 1 aromatic heterocycles. The molecule has 1 aliphatic heterocycles. The van der Waals surface area contributed by atoms with Gasteiger partial charge in [0.2, 0.25) is 5.91 Å². The van der Waals surface area contributed by atoms with Crippen LogP contribution >= 0.6 is 0 Å². The second-order valence-corrected chi connectivity index (χ2v) is 4.31. The predicted octanol–water partition coefficient (Wildman–Crippen LogP) is -0.121. The van der Waals surface area contributed by atoms with Gasteiger partial charge in [-0.15, -0.1) is 0 Å². The van der Waals surface area contributed by atoms with Gasteiger partial charge in [0.05, 0.1) is 12.6 Å². The Morgan fingerprint density at radius 2 is 2.41 bits per heavy atom. The Hall–Kier alpha value is -1.43. The van der Waals surface area contributed by atoms with Gasteiger partial charge in [0.1, 0.15) is 12.7 Å². The average Bonchev–Trinajstić information content (AvgIpc) is 2.75. The lowest BCUT2D eigenvalue weighted by Crippen LogP contribution is -2.59. The van der Waals surface area contributed by atoms with Gasteiger partial charge in [0.25, 0.3) is 0 Å². The highest BCUT2D eigenvalue weighted by molar-refractivity contribution is 5.76. The van der Waals surface area contributed by atoms with Gasteiger partial charge >= 0.3 is 0 Å². The predicted molar refractivity (Wildman–Crippen MR) is 63.3 cm³/mol. The number of aryl methyl sites for hydroxylation is 1. The number of hydrogen-bond acceptors (Lipinski definition) is 4. The number of nitrogens with one attached hydrogen (secondary N) is 1. The van der Waals surface area contributed by atoms with Crippen LogP contribution in [-0.2, 0) is 11.3 Å². The van der Waals surface area contributed by atoms with E-state index in [0.29, 0.717) is 19.0 Å². The summed E-state index contributed by atoms with van der Waals surface area (Å²) >= 11 is 0. The summed E-state index contributed by atoms with van der Waals surface area (Å²) in [5.41, 5.74) is 0. The molecule has 1 aromatic rings. The minimum Gasteiger partial charge on any atom is -0.337 e. The van der Waals surface area contributed by atoms with Crippen molar-refractivity contribution in [2.45, 2.75) is 32.4 Å². The van der Waals surface area contributed by atoms with E-state index in [4.69, 9.17) is 0 Å². The lowest BCUT2D eigenvalue weighted by molar-refractivity contribution is -0.134. The highest BCUT2D eigenvalue weighted by Crippen LogP contribution is 2.08. The molecule has 0 unspecified atom stereocenters. The smallest absolute Gasteiger partial charge is 0.224 e. The Morgan fingerprint density at radius 1 is 1.59 bits per heavy atom. The van der Waals surface area contributed by atoms with Crippen LogP contribution in [0.3, 0.4) is 0 Å². The van der Waals surface area contributed by atoms with Crippen LogP contribution in [0.4, 0.5) is 0 Å². The first kappa shape index (κ1) is 12.0. The van der Waals surface area contributed by atoms with Crippen LogP contribution < -0.4 is 5.32 Å². The zero-order chi connectivity index (χ0) is 12.1. The minimum atomic E-state index is 0.217. The lowest BCUT2D eigenvalue weighted by atomic mass is 10.1. The maximum Gasteiger partial charge on any atom is 0.224 e. The van der Waals surface area contributed by atoms with Crippen molar-refractivity contribution in [3.8, 4) is 0 Å². The normalized spacial score (nSPS) is 15.6. The van der Waals surface area contributed by atoms with Crippen molar-refractivity contribution in [2.24, 2.45) is 0 Å². The van der Waals surface area contributed by atoms with Gasteiger partial charge in [-0.2, -0.15) is 5.10 Å². The fraction of sp³-hybridized carbons (Fsp3) is 0.727. The maximum absolute atomic E-state index is 12.1. The Bertz CT molecular complexity index is 347. The number of hydrogen-bond donors (Lipinski definition) is 1. The molecule has 0 radical (unpaired) electrons. The molecule has 0 aromatic carbocycles. The average molecular weight is 237 g/mol. The first-order valence-electron chi connectivity index (χ1n) is 6.14. The van der Waals surface area contributed by atoms with Gasteiger partial charge in [0, 0.05) is 26.1 Å². The Morgan fingerprint density at radius 3 is 2.94 bits per heavy atom. The van der Waals surface area contributed by atoms with Crippen LogP contribution in [0.15, 0.2) is 12.7 Å². The molecule has 1 saturated heterocycles. The molecular formula is C11H19N5O. The quantitative estimate of drug-likeness (QED) is 0.749. The van der Waals surface area contributed by atoms with Crippen LogP contribution in [0.25, 0.3) is 0 Å². The second kappa shape index (κ2) is 5.77. The number of rotatable bonds is 6. The molecule has 2 rings (SSSR count). The van der Waals surface area contributed by atoms with Crippen molar-refractivity contribution in [3.63, 3.8) is 0 Å². The number of carbonyl (C=O) groups is 1. The summed E-state index contributed by atoms with van der Waals surface area (Å²) < 4.78 is 1.70. The Labute approximate surface area is 101 Å². The Kier molecular flexibility index (Phi) is 4.08. The van der Waals surface area contributed by atoms with Crippen LogP contribution in [0.2, 0.25) is 0 Å². The van der Waals surface area contributed by atoms with Gasteiger partial charge in [-0.05, 0) is 6.42 Å². The van der Waals surface area contributed by atoms with Gasteiger partial charge < -0.3 is 10.2 Å². The van der Waals surface area contributed by atoms with Crippen molar-refractivity contribution in [2.75, 3.05) is 19.6 Å².